The van der Waals surface area contributed by atoms with E-state index < -0.39 is 6.03 Å². The maximum absolute atomic E-state index is 12.5. The molecular formula is C22H19N3O4. The maximum atomic E-state index is 12.5. The highest BCUT2D eigenvalue weighted by Crippen LogP contribution is 2.34. The normalized spacial score (nSPS) is 10.6. The third-order valence-electron chi connectivity index (χ3n) is 4.31. The van der Waals surface area contributed by atoms with E-state index in [0.29, 0.717) is 34.3 Å². The Balaban J connectivity index is 1.53. The van der Waals surface area contributed by atoms with Gasteiger partial charge in [-0.25, -0.2) is 9.78 Å². The first-order chi connectivity index (χ1) is 14.2. The van der Waals surface area contributed by atoms with Gasteiger partial charge in [-0.3, -0.25) is 0 Å². The number of carbonyl (C=O) groups excluding carboxylic acids is 1. The van der Waals surface area contributed by atoms with Gasteiger partial charge in [0.15, 0.2) is 17.1 Å². The van der Waals surface area contributed by atoms with Crippen LogP contribution in [-0.4, -0.2) is 25.2 Å². The molecule has 0 aliphatic rings. The van der Waals surface area contributed by atoms with Crippen molar-refractivity contribution in [1.29, 1.82) is 0 Å². The molecule has 0 fully saturated rings. The lowest BCUT2D eigenvalue weighted by Crippen LogP contribution is -2.19. The molecule has 146 valence electrons. The zero-order valence-electron chi connectivity index (χ0n) is 15.9. The molecule has 0 saturated heterocycles. The molecule has 2 N–H and O–H groups in total. The number of anilines is 2. The summed E-state index contributed by atoms with van der Waals surface area (Å²) in [7, 11) is 3.06. The van der Waals surface area contributed by atoms with Crippen molar-refractivity contribution < 1.29 is 18.7 Å². The number of nitrogens with zero attached hydrogens (tertiary/aromatic N) is 1. The first kappa shape index (κ1) is 18.4. The Hall–Kier alpha value is -4.00. The summed E-state index contributed by atoms with van der Waals surface area (Å²) < 4.78 is 16.4. The van der Waals surface area contributed by atoms with E-state index in [0.717, 1.165) is 11.1 Å². The highest BCUT2D eigenvalue weighted by Gasteiger charge is 2.13. The summed E-state index contributed by atoms with van der Waals surface area (Å²) in [4.78, 5) is 17.0. The van der Waals surface area contributed by atoms with Crippen LogP contribution in [0.2, 0.25) is 0 Å². The average Bonchev–Trinajstić information content (AvgIpc) is 3.18. The van der Waals surface area contributed by atoms with Crippen LogP contribution in [-0.2, 0) is 0 Å². The Bertz CT molecular complexity index is 1140. The highest BCUT2D eigenvalue weighted by molar-refractivity contribution is 6.01. The van der Waals surface area contributed by atoms with Crippen LogP contribution in [0.15, 0.2) is 71.1 Å². The van der Waals surface area contributed by atoms with E-state index in [1.54, 1.807) is 37.4 Å². The molecule has 0 atom stereocenters. The molecule has 29 heavy (non-hydrogen) atoms. The number of fused-ring (bicyclic) bond motifs is 1. The molecule has 0 aliphatic heterocycles. The smallest absolute Gasteiger partial charge is 0.323 e. The predicted octanol–water partition coefficient (Wildman–Crippen LogP) is 5.16. The largest absolute Gasteiger partial charge is 0.493 e. The summed E-state index contributed by atoms with van der Waals surface area (Å²) >= 11 is 0. The van der Waals surface area contributed by atoms with Crippen LogP contribution in [0, 0.1) is 0 Å². The minimum absolute atomic E-state index is 0.411. The van der Waals surface area contributed by atoms with Crippen molar-refractivity contribution in [3.05, 3.63) is 66.7 Å². The SMILES string of the molecule is COc1cccc(NC(=O)Nc2cccc(-c3nc4ccccc4o3)c2)c1OC. The van der Waals surface area contributed by atoms with Gasteiger partial charge in [0, 0.05) is 11.3 Å². The number of carbonyl (C=O) groups is 1. The number of ether oxygens (including phenoxy) is 2. The van der Waals surface area contributed by atoms with Crippen LogP contribution in [0.1, 0.15) is 0 Å². The van der Waals surface area contributed by atoms with Crippen molar-refractivity contribution in [2.75, 3.05) is 24.9 Å². The molecule has 3 aromatic carbocycles. The Morgan fingerprint density at radius 3 is 2.55 bits per heavy atom. The Morgan fingerprint density at radius 2 is 1.76 bits per heavy atom. The van der Waals surface area contributed by atoms with E-state index in [-0.39, 0.29) is 0 Å². The molecule has 7 nitrogen and oxygen atoms in total. The first-order valence-electron chi connectivity index (χ1n) is 8.93. The fourth-order valence-corrected chi connectivity index (χ4v) is 3.00. The van der Waals surface area contributed by atoms with E-state index in [2.05, 4.69) is 15.6 Å². The van der Waals surface area contributed by atoms with Crippen LogP contribution in [0.5, 0.6) is 11.5 Å². The third kappa shape index (κ3) is 3.84. The van der Waals surface area contributed by atoms with Crippen molar-refractivity contribution in [3.8, 4) is 23.0 Å². The Labute approximate surface area is 167 Å². The number of hydrogen-bond donors (Lipinski definition) is 2. The van der Waals surface area contributed by atoms with Gasteiger partial charge < -0.3 is 24.5 Å². The summed E-state index contributed by atoms with van der Waals surface area (Å²) in [5, 5.41) is 5.58. The molecule has 1 heterocycles. The number of urea groups is 1. The van der Waals surface area contributed by atoms with Gasteiger partial charge in [0.2, 0.25) is 5.89 Å². The van der Waals surface area contributed by atoms with Crippen LogP contribution in [0.3, 0.4) is 0 Å². The lowest BCUT2D eigenvalue weighted by Gasteiger charge is -2.14. The quantitative estimate of drug-likeness (QED) is 0.493. The number of benzene rings is 3. The van der Waals surface area contributed by atoms with Gasteiger partial charge in [-0.2, -0.15) is 0 Å². The molecule has 0 radical (unpaired) electrons. The molecule has 0 unspecified atom stereocenters. The Morgan fingerprint density at radius 1 is 0.931 bits per heavy atom. The van der Waals surface area contributed by atoms with E-state index >= 15 is 0 Å². The summed E-state index contributed by atoms with van der Waals surface area (Å²) in [6, 6.07) is 19.7. The molecule has 7 heteroatoms. The van der Waals surface area contributed by atoms with Crippen molar-refractivity contribution in [2.45, 2.75) is 0 Å². The van der Waals surface area contributed by atoms with Crippen molar-refractivity contribution >= 4 is 28.5 Å². The maximum Gasteiger partial charge on any atom is 0.323 e. The third-order valence-corrected chi connectivity index (χ3v) is 4.31. The van der Waals surface area contributed by atoms with Crippen LogP contribution in [0.4, 0.5) is 16.2 Å². The summed E-state index contributed by atoms with van der Waals surface area (Å²) in [5.74, 6) is 1.47. The number of aromatic nitrogens is 1. The van der Waals surface area contributed by atoms with Gasteiger partial charge in [-0.1, -0.05) is 24.3 Å². The highest BCUT2D eigenvalue weighted by atomic mass is 16.5. The number of amides is 2. The average molecular weight is 389 g/mol. The summed E-state index contributed by atoms with van der Waals surface area (Å²) in [6.07, 6.45) is 0. The number of methoxy groups -OCH3 is 2. The molecule has 0 spiro atoms. The molecule has 0 aliphatic carbocycles. The standard InChI is InChI=1S/C22H19N3O4/c1-27-19-12-6-10-17(20(19)28-2)25-22(26)23-15-8-5-7-14(13-15)21-24-16-9-3-4-11-18(16)29-21/h3-13H,1-2H3,(H2,23,25,26). The number of para-hydroxylation sites is 3. The van der Waals surface area contributed by atoms with Crippen molar-refractivity contribution in [2.24, 2.45) is 0 Å². The van der Waals surface area contributed by atoms with Gasteiger partial charge in [0.1, 0.15) is 5.52 Å². The zero-order valence-corrected chi connectivity index (χ0v) is 15.9. The second-order valence-electron chi connectivity index (χ2n) is 6.19. The lowest BCUT2D eigenvalue weighted by molar-refractivity contribution is 0.262. The number of oxazole rings is 1. The van der Waals surface area contributed by atoms with Gasteiger partial charge in [0.25, 0.3) is 0 Å². The van der Waals surface area contributed by atoms with E-state index in [4.69, 9.17) is 13.9 Å². The number of hydrogen-bond acceptors (Lipinski definition) is 5. The molecule has 4 aromatic rings. The predicted molar refractivity (Wildman–Crippen MR) is 112 cm³/mol. The molecule has 4 rings (SSSR count). The molecular weight excluding hydrogens is 370 g/mol. The van der Waals surface area contributed by atoms with Gasteiger partial charge in [-0.15, -0.1) is 0 Å². The van der Waals surface area contributed by atoms with E-state index in [9.17, 15) is 4.79 Å². The molecule has 0 saturated carbocycles. The van der Waals surface area contributed by atoms with Crippen molar-refractivity contribution in [1.82, 2.24) is 4.98 Å². The fourth-order valence-electron chi connectivity index (χ4n) is 3.00. The summed E-state index contributed by atoms with van der Waals surface area (Å²) in [6.45, 7) is 0. The van der Waals surface area contributed by atoms with Gasteiger partial charge in [0.05, 0.1) is 19.9 Å². The second kappa shape index (κ2) is 7.93. The van der Waals surface area contributed by atoms with E-state index in [1.807, 2.05) is 36.4 Å². The first-order valence-corrected chi connectivity index (χ1v) is 8.93. The van der Waals surface area contributed by atoms with Crippen LogP contribution in [0.25, 0.3) is 22.6 Å². The molecule has 2 amide bonds. The topological polar surface area (TPSA) is 85.6 Å². The van der Waals surface area contributed by atoms with E-state index in [1.165, 1.54) is 7.11 Å². The lowest BCUT2D eigenvalue weighted by atomic mass is 10.2. The molecule has 0 bridgehead atoms. The minimum Gasteiger partial charge on any atom is -0.493 e. The van der Waals surface area contributed by atoms with Crippen LogP contribution < -0.4 is 20.1 Å². The monoisotopic (exact) mass is 389 g/mol. The molecule has 1 aromatic heterocycles. The van der Waals surface area contributed by atoms with Crippen LogP contribution >= 0.6 is 0 Å². The fraction of sp³-hybridized carbons (Fsp3) is 0.0909. The van der Waals surface area contributed by atoms with Crippen molar-refractivity contribution in [3.63, 3.8) is 0 Å². The number of nitrogens with one attached hydrogen (secondary N) is 2. The number of rotatable bonds is 5. The van der Waals surface area contributed by atoms with Gasteiger partial charge >= 0.3 is 6.03 Å². The Kier molecular flexibility index (Phi) is 5.03. The zero-order chi connectivity index (χ0) is 20.2. The van der Waals surface area contributed by atoms with Gasteiger partial charge in [-0.05, 0) is 42.5 Å². The second-order valence-corrected chi connectivity index (χ2v) is 6.19. The summed E-state index contributed by atoms with van der Waals surface area (Å²) in [5.41, 5.74) is 3.36. The minimum atomic E-state index is -0.411.